The molecule has 4 nitrogen and oxygen atoms in total. The Morgan fingerprint density at radius 3 is 2.64 bits per heavy atom. The second-order valence-electron chi connectivity index (χ2n) is 5.12. The van der Waals surface area contributed by atoms with Crippen LogP contribution in [0.3, 0.4) is 0 Å². The normalized spacial score (nSPS) is 11.3. The summed E-state index contributed by atoms with van der Waals surface area (Å²) >= 11 is 3.41. The van der Waals surface area contributed by atoms with Crippen LogP contribution in [0.4, 0.5) is 0 Å². The zero-order valence-electron chi connectivity index (χ0n) is 11.4. The van der Waals surface area contributed by atoms with E-state index in [0.29, 0.717) is 16.8 Å². The van der Waals surface area contributed by atoms with Crippen molar-refractivity contribution in [3.63, 3.8) is 0 Å². The quantitative estimate of drug-likeness (QED) is 0.460. The number of aromatic hydroxyl groups is 1. The van der Waals surface area contributed by atoms with E-state index in [4.69, 9.17) is 0 Å². The van der Waals surface area contributed by atoms with Crippen LogP contribution in [-0.2, 0) is 0 Å². The van der Waals surface area contributed by atoms with Gasteiger partial charge in [-0.3, -0.25) is 4.79 Å². The largest absolute Gasteiger partial charge is 0.494 e. The molecule has 3 N–H and O–H groups in total. The van der Waals surface area contributed by atoms with Crippen LogP contribution in [0.15, 0.2) is 46.9 Å². The van der Waals surface area contributed by atoms with Gasteiger partial charge in [-0.25, -0.2) is 0 Å². The minimum absolute atomic E-state index is 0.0442. The molecule has 2 aromatic heterocycles. The van der Waals surface area contributed by atoms with Gasteiger partial charge >= 0.3 is 0 Å². The van der Waals surface area contributed by atoms with Crippen molar-refractivity contribution < 1.29 is 9.90 Å². The SMILES string of the molecule is O=Cc1c(-c2c(O)[nH]c3cc(Br)ccc23)[nH]c2ccccc12. The molecular formula is C17H11BrN2O2. The van der Waals surface area contributed by atoms with Crippen molar-refractivity contribution in [3.05, 3.63) is 52.5 Å². The lowest BCUT2D eigenvalue weighted by atomic mass is 10.0. The number of aldehydes is 1. The van der Waals surface area contributed by atoms with Gasteiger partial charge in [0.05, 0.1) is 16.8 Å². The molecule has 0 spiro atoms. The molecule has 0 radical (unpaired) electrons. The molecule has 0 aliphatic carbocycles. The van der Waals surface area contributed by atoms with Crippen molar-refractivity contribution >= 4 is 44.0 Å². The number of H-pyrrole nitrogens is 2. The number of para-hydroxylation sites is 1. The molecule has 0 saturated heterocycles. The van der Waals surface area contributed by atoms with Crippen molar-refractivity contribution in [2.45, 2.75) is 0 Å². The van der Waals surface area contributed by atoms with E-state index in [2.05, 4.69) is 25.9 Å². The first-order chi connectivity index (χ1) is 10.7. The highest BCUT2D eigenvalue weighted by atomic mass is 79.9. The Kier molecular flexibility index (Phi) is 2.84. The van der Waals surface area contributed by atoms with E-state index < -0.39 is 0 Å². The highest BCUT2D eigenvalue weighted by molar-refractivity contribution is 9.10. The minimum atomic E-state index is 0.0442. The summed E-state index contributed by atoms with van der Waals surface area (Å²) in [5.74, 6) is 0.0442. The second-order valence-corrected chi connectivity index (χ2v) is 6.03. The Morgan fingerprint density at radius 1 is 1.00 bits per heavy atom. The monoisotopic (exact) mass is 354 g/mol. The number of aromatic nitrogens is 2. The Hall–Kier alpha value is -2.53. The lowest BCUT2D eigenvalue weighted by Crippen LogP contribution is -1.84. The van der Waals surface area contributed by atoms with Gasteiger partial charge in [-0.1, -0.05) is 40.2 Å². The molecule has 0 saturated carbocycles. The summed E-state index contributed by atoms with van der Waals surface area (Å²) in [5.41, 5.74) is 3.46. The fourth-order valence-electron chi connectivity index (χ4n) is 2.89. The minimum Gasteiger partial charge on any atom is -0.494 e. The number of rotatable bonds is 2. The number of benzene rings is 2. The van der Waals surface area contributed by atoms with Gasteiger partial charge in [-0.15, -0.1) is 0 Å². The van der Waals surface area contributed by atoms with Crippen LogP contribution in [0.1, 0.15) is 10.4 Å². The Bertz CT molecular complexity index is 1030. The van der Waals surface area contributed by atoms with Crippen LogP contribution >= 0.6 is 15.9 Å². The van der Waals surface area contributed by atoms with Crippen molar-refractivity contribution in [1.29, 1.82) is 0 Å². The van der Waals surface area contributed by atoms with Gasteiger partial charge < -0.3 is 15.1 Å². The summed E-state index contributed by atoms with van der Waals surface area (Å²) in [4.78, 5) is 17.8. The number of fused-ring (bicyclic) bond motifs is 2. The molecule has 0 aliphatic rings. The van der Waals surface area contributed by atoms with E-state index >= 15 is 0 Å². The number of halogens is 1. The first-order valence-corrected chi connectivity index (χ1v) is 7.55. The molecule has 0 fully saturated rings. The highest BCUT2D eigenvalue weighted by Crippen LogP contribution is 2.40. The molecule has 2 aromatic carbocycles. The number of aromatic amines is 2. The standard InChI is InChI=1S/C17H11BrN2O2/c18-9-5-6-11-14(7-9)20-17(22)15(11)16-12(8-21)10-3-1-2-4-13(10)19-16/h1-8,19-20,22H. The van der Waals surface area contributed by atoms with Gasteiger partial charge in [0.2, 0.25) is 0 Å². The molecular weight excluding hydrogens is 344 g/mol. The highest BCUT2D eigenvalue weighted by Gasteiger charge is 2.19. The molecule has 0 bridgehead atoms. The predicted molar refractivity (Wildman–Crippen MR) is 90.3 cm³/mol. The van der Waals surface area contributed by atoms with Crippen molar-refractivity contribution in [3.8, 4) is 17.1 Å². The summed E-state index contributed by atoms with van der Waals surface area (Å²) < 4.78 is 0.917. The Morgan fingerprint density at radius 2 is 1.82 bits per heavy atom. The van der Waals surface area contributed by atoms with Gasteiger partial charge in [-0.2, -0.15) is 0 Å². The zero-order chi connectivity index (χ0) is 15.3. The third-order valence-electron chi connectivity index (χ3n) is 3.85. The zero-order valence-corrected chi connectivity index (χ0v) is 12.9. The predicted octanol–water partition coefficient (Wildman–Crippen LogP) is 4.60. The van der Waals surface area contributed by atoms with Gasteiger partial charge in [-0.05, 0) is 18.2 Å². The third kappa shape index (κ3) is 1.79. The van der Waals surface area contributed by atoms with E-state index in [0.717, 1.165) is 32.6 Å². The average Bonchev–Trinajstić information content (AvgIpc) is 3.02. The molecule has 4 aromatic rings. The molecule has 0 aliphatic heterocycles. The summed E-state index contributed by atoms with van der Waals surface area (Å²) in [7, 11) is 0. The van der Waals surface area contributed by atoms with Crippen LogP contribution in [0.25, 0.3) is 33.1 Å². The number of hydrogen-bond donors (Lipinski definition) is 3. The van der Waals surface area contributed by atoms with E-state index in [1.807, 2.05) is 42.5 Å². The first kappa shape index (κ1) is 13.2. The maximum Gasteiger partial charge on any atom is 0.199 e. The lowest BCUT2D eigenvalue weighted by molar-refractivity contribution is 0.112. The summed E-state index contributed by atoms with van der Waals surface area (Å²) in [6.45, 7) is 0. The molecule has 2 heterocycles. The topological polar surface area (TPSA) is 68.9 Å². The smallest absolute Gasteiger partial charge is 0.199 e. The van der Waals surface area contributed by atoms with Crippen LogP contribution in [0.2, 0.25) is 0 Å². The average molecular weight is 355 g/mol. The number of carbonyl (C=O) groups excluding carboxylic acids is 1. The van der Waals surface area contributed by atoms with Gasteiger partial charge in [0.25, 0.3) is 0 Å². The van der Waals surface area contributed by atoms with E-state index in [1.165, 1.54) is 0 Å². The number of hydrogen-bond acceptors (Lipinski definition) is 2. The second kappa shape index (κ2) is 4.74. The van der Waals surface area contributed by atoms with E-state index in [9.17, 15) is 9.90 Å². The number of carbonyl (C=O) groups is 1. The summed E-state index contributed by atoms with van der Waals surface area (Å²) in [6, 6.07) is 13.3. The number of nitrogens with one attached hydrogen (secondary N) is 2. The molecule has 22 heavy (non-hydrogen) atoms. The van der Waals surface area contributed by atoms with Crippen LogP contribution < -0.4 is 0 Å². The van der Waals surface area contributed by atoms with E-state index in [1.54, 1.807) is 0 Å². The third-order valence-corrected chi connectivity index (χ3v) is 4.35. The molecule has 4 rings (SSSR count). The molecule has 0 unspecified atom stereocenters. The fraction of sp³-hybridized carbons (Fsp3) is 0. The van der Waals surface area contributed by atoms with Gasteiger partial charge in [0.15, 0.2) is 12.2 Å². The summed E-state index contributed by atoms with van der Waals surface area (Å²) in [5, 5.41) is 12.0. The van der Waals surface area contributed by atoms with Crippen molar-refractivity contribution in [1.82, 2.24) is 9.97 Å². The van der Waals surface area contributed by atoms with Crippen molar-refractivity contribution in [2.75, 3.05) is 0 Å². The van der Waals surface area contributed by atoms with Gasteiger partial charge in [0.1, 0.15) is 0 Å². The molecule has 0 atom stereocenters. The van der Waals surface area contributed by atoms with E-state index in [-0.39, 0.29) is 5.88 Å². The Balaban J connectivity index is 2.11. The first-order valence-electron chi connectivity index (χ1n) is 6.75. The Labute approximate surface area is 133 Å². The molecule has 0 amide bonds. The maximum absolute atomic E-state index is 11.6. The maximum atomic E-state index is 11.6. The van der Waals surface area contributed by atoms with Crippen molar-refractivity contribution in [2.24, 2.45) is 0 Å². The fourth-order valence-corrected chi connectivity index (χ4v) is 3.25. The summed E-state index contributed by atoms with van der Waals surface area (Å²) in [6.07, 6.45) is 0.825. The van der Waals surface area contributed by atoms with Crippen LogP contribution in [0.5, 0.6) is 5.88 Å². The molecule has 108 valence electrons. The molecule has 5 heteroatoms. The lowest BCUT2D eigenvalue weighted by Gasteiger charge is -1.99. The van der Waals surface area contributed by atoms with Gasteiger partial charge in [0, 0.05) is 26.3 Å². The van der Waals surface area contributed by atoms with Crippen LogP contribution in [0, 0.1) is 0 Å². The van der Waals surface area contributed by atoms with Crippen LogP contribution in [-0.4, -0.2) is 21.4 Å².